The van der Waals surface area contributed by atoms with Crippen LogP contribution in [0.2, 0.25) is 0 Å². The van der Waals surface area contributed by atoms with Gasteiger partial charge in [0.2, 0.25) is 0 Å². The van der Waals surface area contributed by atoms with Crippen LogP contribution in [0.4, 0.5) is 0 Å². The van der Waals surface area contributed by atoms with Crippen molar-refractivity contribution in [2.75, 3.05) is 0 Å². The van der Waals surface area contributed by atoms with Crippen LogP contribution < -0.4 is 0 Å². The molecule has 1 heteroatoms. The molecule has 0 bridgehead atoms. The van der Waals surface area contributed by atoms with E-state index in [-0.39, 0.29) is 0 Å². The highest BCUT2D eigenvalue weighted by atomic mass is 16.1. The molecule has 2 aliphatic carbocycles. The second kappa shape index (κ2) is 4.20. The third-order valence-electron chi connectivity index (χ3n) is 4.47. The van der Waals surface area contributed by atoms with Gasteiger partial charge in [0.15, 0.2) is 5.78 Å². The summed E-state index contributed by atoms with van der Waals surface area (Å²) in [7, 11) is 0. The molecule has 1 nitrogen and oxygen atoms in total. The van der Waals surface area contributed by atoms with Gasteiger partial charge in [0, 0.05) is 6.42 Å². The van der Waals surface area contributed by atoms with Crippen molar-refractivity contribution in [1.29, 1.82) is 0 Å². The largest absolute Gasteiger partial charge is 0.295 e. The van der Waals surface area contributed by atoms with E-state index >= 15 is 0 Å². The molecule has 0 saturated heterocycles. The quantitative estimate of drug-likeness (QED) is 0.484. The van der Waals surface area contributed by atoms with E-state index in [0.29, 0.717) is 35.9 Å². The number of Topliss-reactive ketones (excluding diaryl/α,β-unsaturated/α-hetero) is 1. The zero-order valence-electron chi connectivity index (χ0n) is 10.6. The van der Waals surface area contributed by atoms with E-state index in [0.717, 1.165) is 12.0 Å². The Balaban J connectivity index is 2.36. The molecule has 2 rings (SSSR count). The number of allylic oxidation sites excluding steroid dienone is 3. The average molecular weight is 218 g/mol. The van der Waals surface area contributed by atoms with E-state index in [1.165, 1.54) is 12.0 Å². The van der Waals surface area contributed by atoms with Crippen molar-refractivity contribution in [2.24, 2.45) is 23.7 Å². The zero-order chi connectivity index (χ0) is 11.9. The minimum Gasteiger partial charge on any atom is -0.295 e. The Morgan fingerprint density at radius 1 is 1.44 bits per heavy atom. The van der Waals surface area contributed by atoms with Crippen LogP contribution in [0.15, 0.2) is 23.8 Å². The molecule has 3 unspecified atom stereocenters. The highest BCUT2D eigenvalue weighted by Gasteiger charge is 2.45. The summed E-state index contributed by atoms with van der Waals surface area (Å²) < 4.78 is 0. The molecule has 0 aromatic rings. The fraction of sp³-hybridized carbons (Fsp3) is 0.667. The minimum absolute atomic E-state index is 0.367. The van der Waals surface area contributed by atoms with E-state index in [1.54, 1.807) is 0 Å². The Morgan fingerprint density at radius 2 is 2.12 bits per heavy atom. The SMILES string of the molecule is C=C1CCC(C(C)C)C2C(=CC)C(=O)CC12. The molecule has 0 aromatic carbocycles. The summed E-state index contributed by atoms with van der Waals surface area (Å²) in [5.74, 6) is 2.62. The van der Waals surface area contributed by atoms with Crippen LogP contribution in [0.3, 0.4) is 0 Å². The predicted molar refractivity (Wildman–Crippen MR) is 67.1 cm³/mol. The summed E-state index contributed by atoms with van der Waals surface area (Å²) in [6.45, 7) is 10.7. The van der Waals surface area contributed by atoms with Crippen LogP contribution in [0.1, 0.15) is 40.0 Å². The van der Waals surface area contributed by atoms with Gasteiger partial charge in [-0.2, -0.15) is 0 Å². The lowest BCUT2D eigenvalue weighted by Gasteiger charge is -2.38. The molecular formula is C15H22O. The molecule has 88 valence electrons. The minimum atomic E-state index is 0.367. The number of carbonyl (C=O) groups is 1. The van der Waals surface area contributed by atoms with E-state index < -0.39 is 0 Å². The molecule has 2 fully saturated rings. The molecule has 3 atom stereocenters. The lowest BCUT2D eigenvalue weighted by molar-refractivity contribution is -0.114. The molecular weight excluding hydrogens is 196 g/mol. The van der Waals surface area contributed by atoms with Crippen molar-refractivity contribution in [3.63, 3.8) is 0 Å². The van der Waals surface area contributed by atoms with Gasteiger partial charge in [0.05, 0.1) is 0 Å². The van der Waals surface area contributed by atoms with Crippen molar-refractivity contribution in [2.45, 2.75) is 40.0 Å². The summed E-state index contributed by atoms with van der Waals surface area (Å²) >= 11 is 0. The zero-order valence-corrected chi connectivity index (χ0v) is 10.6. The molecule has 0 aliphatic heterocycles. The predicted octanol–water partition coefficient (Wildman–Crippen LogP) is 3.76. The van der Waals surface area contributed by atoms with Crippen molar-refractivity contribution in [3.8, 4) is 0 Å². The number of carbonyl (C=O) groups excluding carboxylic acids is 1. The number of hydrogen-bond donors (Lipinski definition) is 0. The summed E-state index contributed by atoms with van der Waals surface area (Å²) in [5, 5.41) is 0. The van der Waals surface area contributed by atoms with Gasteiger partial charge in [-0.3, -0.25) is 4.79 Å². The van der Waals surface area contributed by atoms with Crippen molar-refractivity contribution >= 4 is 5.78 Å². The summed E-state index contributed by atoms with van der Waals surface area (Å²) in [6, 6.07) is 0. The smallest absolute Gasteiger partial charge is 0.159 e. The molecule has 2 saturated carbocycles. The fourth-order valence-corrected chi connectivity index (χ4v) is 3.59. The van der Waals surface area contributed by atoms with Crippen molar-refractivity contribution < 1.29 is 4.79 Å². The van der Waals surface area contributed by atoms with E-state index in [2.05, 4.69) is 20.4 Å². The van der Waals surface area contributed by atoms with Crippen LogP contribution >= 0.6 is 0 Å². The topological polar surface area (TPSA) is 17.1 Å². The van der Waals surface area contributed by atoms with E-state index in [4.69, 9.17) is 0 Å². The number of fused-ring (bicyclic) bond motifs is 1. The molecule has 0 radical (unpaired) electrons. The first-order valence-corrected chi connectivity index (χ1v) is 6.43. The number of rotatable bonds is 1. The highest BCUT2D eigenvalue weighted by molar-refractivity contribution is 5.99. The Kier molecular flexibility index (Phi) is 3.05. The third kappa shape index (κ3) is 1.66. The van der Waals surface area contributed by atoms with Crippen molar-refractivity contribution in [1.82, 2.24) is 0 Å². The first-order valence-electron chi connectivity index (χ1n) is 6.43. The van der Waals surface area contributed by atoms with Gasteiger partial charge in [0.25, 0.3) is 0 Å². The third-order valence-corrected chi connectivity index (χ3v) is 4.47. The Labute approximate surface area is 98.6 Å². The van der Waals surface area contributed by atoms with E-state index in [1.807, 2.05) is 13.0 Å². The number of ketones is 1. The average Bonchev–Trinajstić information content (AvgIpc) is 2.55. The second-order valence-electron chi connectivity index (χ2n) is 5.61. The molecule has 2 aliphatic rings. The Morgan fingerprint density at radius 3 is 2.69 bits per heavy atom. The number of hydrogen-bond acceptors (Lipinski definition) is 1. The molecule has 0 heterocycles. The fourth-order valence-electron chi connectivity index (χ4n) is 3.59. The second-order valence-corrected chi connectivity index (χ2v) is 5.61. The lowest BCUT2D eigenvalue weighted by Crippen LogP contribution is -2.30. The Hall–Kier alpha value is -0.850. The first-order chi connectivity index (χ1) is 7.56. The maximum atomic E-state index is 12.0. The summed E-state index contributed by atoms with van der Waals surface area (Å²) in [5.41, 5.74) is 2.40. The Bertz CT molecular complexity index is 348. The molecule has 0 amide bonds. The van der Waals surface area contributed by atoms with Crippen LogP contribution in [-0.4, -0.2) is 5.78 Å². The van der Waals surface area contributed by atoms with Crippen LogP contribution in [-0.2, 0) is 4.79 Å². The van der Waals surface area contributed by atoms with Crippen LogP contribution in [0.5, 0.6) is 0 Å². The van der Waals surface area contributed by atoms with Crippen molar-refractivity contribution in [3.05, 3.63) is 23.8 Å². The molecule has 0 N–H and O–H groups in total. The summed E-state index contributed by atoms with van der Waals surface area (Å²) in [4.78, 5) is 12.0. The van der Waals surface area contributed by atoms with E-state index in [9.17, 15) is 4.79 Å². The van der Waals surface area contributed by atoms with Gasteiger partial charge in [-0.05, 0) is 49.0 Å². The van der Waals surface area contributed by atoms with Crippen LogP contribution in [0.25, 0.3) is 0 Å². The van der Waals surface area contributed by atoms with Gasteiger partial charge in [-0.1, -0.05) is 32.1 Å². The molecule has 0 spiro atoms. The lowest BCUT2D eigenvalue weighted by atomic mass is 9.66. The molecule has 0 aromatic heterocycles. The van der Waals surface area contributed by atoms with Crippen LogP contribution in [0, 0.1) is 23.7 Å². The molecule has 16 heavy (non-hydrogen) atoms. The highest BCUT2D eigenvalue weighted by Crippen LogP contribution is 2.50. The van der Waals surface area contributed by atoms with Gasteiger partial charge in [0.1, 0.15) is 0 Å². The standard InChI is InChI=1S/C15H22O/c1-5-11-14(16)8-13-10(4)6-7-12(9(2)3)15(11)13/h5,9,12-13,15H,4,6-8H2,1-3H3. The summed E-state index contributed by atoms with van der Waals surface area (Å²) in [6.07, 6.45) is 5.09. The van der Waals surface area contributed by atoms with Gasteiger partial charge in [-0.15, -0.1) is 0 Å². The first kappa shape index (κ1) is 11.6. The monoisotopic (exact) mass is 218 g/mol. The maximum Gasteiger partial charge on any atom is 0.159 e. The maximum absolute atomic E-state index is 12.0. The van der Waals surface area contributed by atoms with Gasteiger partial charge in [-0.25, -0.2) is 0 Å². The van der Waals surface area contributed by atoms with Gasteiger partial charge >= 0.3 is 0 Å². The van der Waals surface area contributed by atoms with Gasteiger partial charge < -0.3 is 0 Å². The normalized spacial score (nSPS) is 37.2.